The topological polar surface area (TPSA) is 68.2 Å². The van der Waals surface area contributed by atoms with Crippen molar-refractivity contribution < 1.29 is 9.53 Å². The summed E-state index contributed by atoms with van der Waals surface area (Å²) in [6, 6.07) is 7.22. The summed E-state index contributed by atoms with van der Waals surface area (Å²) in [5.74, 6) is 1.44. The highest BCUT2D eigenvalue weighted by molar-refractivity contribution is 7.99. The molecule has 2 N–H and O–H groups in total. The zero-order chi connectivity index (χ0) is 17.4. The van der Waals surface area contributed by atoms with E-state index in [9.17, 15) is 4.79 Å². The number of hydrogen-bond acceptors (Lipinski definition) is 4. The third-order valence-electron chi connectivity index (χ3n) is 3.43. The summed E-state index contributed by atoms with van der Waals surface area (Å²) >= 11 is 1.60. The molecule has 0 spiro atoms. The first-order valence-corrected chi connectivity index (χ1v) is 8.99. The van der Waals surface area contributed by atoms with Gasteiger partial charge < -0.3 is 19.9 Å². The van der Waals surface area contributed by atoms with Gasteiger partial charge in [0.2, 0.25) is 0 Å². The molecule has 6 nitrogen and oxygen atoms in total. The molecule has 1 aromatic carbocycles. The minimum Gasteiger partial charge on any atom is -0.489 e. The number of hydrogen-bond donors (Lipinski definition) is 2. The average Bonchev–Trinajstić information content (AvgIpc) is 2.98. The highest BCUT2D eigenvalue weighted by Gasteiger charge is 2.09. The van der Waals surface area contributed by atoms with Gasteiger partial charge in [0, 0.05) is 31.7 Å². The Balaban J connectivity index is 1.79. The van der Waals surface area contributed by atoms with Crippen molar-refractivity contribution in [1.82, 2.24) is 14.9 Å². The number of anilines is 1. The molecule has 1 aromatic heterocycles. The molecule has 1 atom stereocenters. The maximum atomic E-state index is 12.0. The number of nitrogens with one attached hydrogen (secondary N) is 2. The Labute approximate surface area is 147 Å². The second kappa shape index (κ2) is 9.22. The van der Waals surface area contributed by atoms with Crippen LogP contribution in [0.25, 0.3) is 0 Å². The van der Waals surface area contributed by atoms with E-state index in [0.717, 1.165) is 17.3 Å². The normalized spacial score (nSPS) is 11.8. The molecular weight excluding hydrogens is 324 g/mol. The van der Waals surface area contributed by atoms with Crippen molar-refractivity contribution in [2.45, 2.75) is 31.5 Å². The van der Waals surface area contributed by atoms with Crippen LogP contribution in [0.15, 0.2) is 41.8 Å². The summed E-state index contributed by atoms with van der Waals surface area (Å²) in [5.41, 5.74) is 0.673. The molecule has 2 aromatic rings. The van der Waals surface area contributed by atoms with E-state index in [1.165, 1.54) is 0 Å². The Morgan fingerprint density at radius 3 is 2.92 bits per heavy atom. The first-order chi connectivity index (χ1) is 11.6. The highest BCUT2D eigenvalue weighted by Crippen LogP contribution is 2.25. The maximum Gasteiger partial charge on any atom is 0.319 e. The number of aromatic nitrogens is 2. The molecule has 0 unspecified atom stereocenters. The van der Waals surface area contributed by atoms with Gasteiger partial charge in [0.05, 0.1) is 11.8 Å². The zero-order valence-corrected chi connectivity index (χ0v) is 15.1. The summed E-state index contributed by atoms with van der Waals surface area (Å²) < 4.78 is 7.78. The van der Waals surface area contributed by atoms with Crippen molar-refractivity contribution in [2.24, 2.45) is 7.05 Å². The monoisotopic (exact) mass is 348 g/mol. The lowest BCUT2D eigenvalue weighted by Gasteiger charge is -2.16. The van der Waals surface area contributed by atoms with Crippen molar-refractivity contribution in [3.8, 4) is 5.75 Å². The second-order valence-corrected chi connectivity index (χ2v) is 6.45. The molecule has 7 heteroatoms. The molecule has 2 amide bonds. The quantitative estimate of drug-likeness (QED) is 0.566. The van der Waals surface area contributed by atoms with Gasteiger partial charge in [-0.2, -0.15) is 0 Å². The second-order valence-electron chi connectivity index (χ2n) is 5.38. The number of amides is 2. The lowest BCUT2D eigenvalue weighted by atomic mass is 10.2. The summed E-state index contributed by atoms with van der Waals surface area (Å²) in [7, 11) is 1.95. The average molecular weight is 348 g/mol. The minimum absolute atomic E-state index is 0.102. The van der Waals surface area contributed by atoms with Crippen LogP contribution in [-0.2, 0) is 7.05 Å². The van der Waals surface area contributed by atoms with Crippen molar-refractivity contribution in [3.05, 3.63) is 36.7 Å². The number of benzene rings is 1. The van der Waals surface area contributed by atoms with Gasteiger partial charge in [-0.1, -0.05) is 30.8 Å². The Hall–Kier alpha value is -2.15. The van der Waals surface area contributed by atoms with E-state index in [-0.39, 0.29) is 12.1 Å². The number of carbonyl (C=O) groups is 1. The van der Waals surface area contributed by atoms with E-state index in [0.29, 0.717) is 18.0 Å². The number of nitrogens with zero attached hydrogens (tertiary/aromatic N) is 2. The number of rotatable bonds is 8. The highest BCUT2D eigenvalue weighted by atomic mass is 32.2. The van der Waals surface area contributed by atoms with Gasteiger partial charge in [-0.15, -0.1) is 0 Å². The number of ether oxygens (including phenoxy) is 1. The van der Waals surface area contributed by atoms with Crippen LogP contribution >= 0.6 is 11.8 Å². The summed E-state index contributed by atoms with van der Waals surface area (Å²) in [5, 5.41) is 6.62. The first kappa shape index (κ1) is 18.2. The van der Waals surface area contributed by atoms with Gasteiger partial charge in [0.15, 0.2) is 5.16 Å². The van der Waals surface area contributed by atoms with Crippen molar-refractivity contribution in [1.29, 1.82) is 0 Å². The van der Waals surface area contributed by atoms with Crippen molar-refractivity contribution in [3.63, 3.8) is 0 Å². The number of carbonyl (C=O) groups excluding carboxylic acids is 1. The van der Waals surface area contributed by atoms with Gasteiger partial charge in [-0.25, -0.2) is 9.78 Å². The van der Waals surface area contributed by atoms with Crippen molar-refractivity contribution >= 4 is 23.5 Å². The number of para-hydroxylation sites is 2. The minimum atomic E-state index is -0.240. The van der Waals surface area contributed by atoms with Crippen LogP contribution in [-0.4, -0.2) is 34.0 Å². The molecule has 0 saturated carbocycles. The van der Waals surface area contributed by atoms with Crippen LogP contribution in [0.3, 0.4) is 0 Å². The molecular formula is C17H24N4O2S. The first-order valence-electron chi connectivity index (χ1n) is 8.00. The summed E-state index contributed by atoms with van der Waals surface area (Å²) in [4.78, 5) is 16.3. The lowest BCUT2D eigenvalue weighted by Crippen LogP contribution is -2.30. The maximum absolute atomic E-state index is 12.0. The molecule has 2 rings (SSSR count). The van der Waals surface area contributed by atoms with Crippen LogP contribution in [0.1, 0.15) is 20.3 Å². The SMILES string of the molecule is CC[C@H](C)Oc1ccccc1NC(=O)NCCSc1nccn1C. The summed E-state index contributed by atoms with van der Waals surface area (Å²) in [6.45, 7) is 4.62. The molecule has 0 radical (unpaired) electrons. The number of thioether (sulfide) groups is 1. The third kappa shape index (κ3) is 5.49. The molecule has 1 heterocycles. The van der Waals surface area contributed by atoms with Crippen LogP contribution in [0.2, 0.25) is 0 Å². The van der Waals surface area contributed by atoms with E-state index in [4.69, 9.17) is 4.74 Å². The Morgan fingerprint density at radius 2 is 2.21 bits per heavy atom. The van der Waals surface area contributed by atoms with Crippen LogP contribution in [0.5, 0.6) is 5.75 Å². The molecule has 0 fully saturated rings. The predicted octanol–water partition coefficient (Wildman–Crippen LogP) is 3.51. The predicted molar refractivity (Wildman–Crippen MR) is 97.8 cm³/mol. The molecule has 0 saturated heterocycles. The largest absolute Gasteiger partial charge is 0.489 e. The molecule has 0 bridgehead atoms. The van der Waals surface area contributed by atoms with E-state index < -0.39 is 0 Å². The Bertz CT molecular complexity index is 660. The number of aryl methyl sites for hydroxylation is 1. The van der Waals surface area contributed by atoms with E-state index in [2.05, 4.69) is 22.5 Å². The Kier molecular flexibility index (Phi) is 6.99. The molecule has 0 aliphatic carbocycles. The lowest BCUT2D eigenvalue weighted by molar-refractivity contribution is 0.218. The van der Waals surface area contributed by atoms with Gasteiger partial charge in [-0.05, 0) is 25.5 Å². The van der Waals surface area contributed by atoms with Gasteiger partial charge in [-0.3, -0.25) is 0 Å². The molecule has 0 aliphatic rings. The standard InChI is InChI=1S/C17H24N4O2S/c1-4-13(2)23-15-8-6-5-7-14(15)20-16(22)18-10-12-24-17-19-9-11-21(17)3/h5-9,11,13H,4,10,12H2,1-3H3,(H2,18,20,22)/t13-/m0/s1. The van der Waals surface area contributed by atoms with Gasteiger partial charge in [0.1, 0.15) is 5.75 Å². The van der Waals surface area contributed by atoms with Crippen LogP contribution in [0, 0.1) is 0 Å². The van der Waals surface area contributed by atoms with E-state index in [1.807, 2.05) is 49.0 Å². The number of imidazole rings is 1. The fraction of sp³-hybridized carbons (Fsp3) is 0.412. The molecule has 130 valence electrons. The molecule has 0 aliphatic heterocycles. The fourth-order valence-corrected chi connectivity index (χ4v) is 2.72. The Morgan fingerprint density at radius 1 is 1.42 bits per heavy atom. The van der Waals surface area contributed by atoms with Crippen LogP contribution < -0.4 is 15.4 Å². The zero-order valence-electron chi connectivity index (χ0n) is 14.3. The number of urea groups is 1. The smallest absolute Gasteiger partial charge is 0.319 e. The fourth-order valence-electron chi connectivity index (χ4n) is 1.94. The van der Waals surface area contributed by atoms with Gasteiger partial charge in [0.25, 0.3) is 0 Å². The van der Waals surface area contributed by atoms with E-state index >= 15 is 0 Å². The molecule has 24 heavy (non-hydrogen) atoms. The van der Waals surface area contributed by atoms with Gasteiger partial charge >= 0.3 is 6.03 Å². The third-order valence-corrected chi connectivity index (χ3v) is 4.49. The van der Waals surface area contributed by atoms with E-state index in [1.54, 1.807) is 18.0 Å². The van der Waals surface area contributed by atoms with Crippen molar-refractivity contribution in [2.75, 3.05) is 17.6 Å². The van der Waals surface area contributed by atoms with Crippen LogP contribution in [0.4, 0.5) is 10.5 Å². The summed E-state index contributed by atoms with van der Waals surface area (Å²) in [6.07, 6.45) is 4.67.